The molecule has 2 aliphatic heterocycles. The molecule has 2 saturated heterocycles. The fraction of sp³-hybridized carbons (Fsp3) is 0.545. The zero-order valence-corrected chi connectivity index (χ0v) is 8.48. The SMILES string of the molecule is O=C(c1ccco1)N1C[C@H]2CN[C@H](C2)C1. The summed E-state index contributed by atoms with van der Waals surface area (Å²) in [5, 5.41) is 3.42. The van der Waals surface area contributed by atoms with Crippen LogP contribution in [-0.2, 0) is 0 Å². The minimum absolute atomic E-state index is 0.0263. The predicted molar refractivity (Wildman–Crippen MR) is 54.5 cm³/mol. The Morgan fingerprint density at radius 3 is 3.20 bits per heavy atom. The first-order valence-corrected chi connectivity index (χ1v) is 5.39. The number of fused-ring (bicyclic) bond motifs is 2. The van der Waals surface area contributed by atoms with E-state index in [9.17, 15) is 4.79 Å². The molecule has 2 aliphatic rings. The van der Waals surface area contributed by atoms with E-state index in [1.54, 1.807) is 18.4 Å². The van der Waals surface area contributed by atoms with Crippen molar-refractivity contribution < 1.29 is 9.21 Å². The number of carbonyl (C=O) groups excluding carboxylic acids is 1. The van der Waals surface area contributed by atoms with Crippen LogP contribution in [0.1, 0.15) is 17.0 Å². The van der Waals surface area contributed by atoms with E-state index >= 15 is 0 Å². The first-order valence-electron chi connectivity index (χ1n) is 5.39. The Hall–Kier alpha value is -1.29. The van der Waals surface area contributed by atoms with Gasteiger partial charge < -0.3 is 14.6 Å². The second-order valence-electron chi connectivity index (χ2n) is 4.39. The molecule has 4 nitrogen and oxygen atoms in total. The summed E-state index contributed by atoms with van der Waals surface area (Å²) < 4.78 is 5.13. The Morgan fingerprint density at radius 1 is 1.53 bits per heavy atom. The van der Waals surface area contributed by atoms with Crippen molar-refractivity contribution in [2.75, 3.05) is 19.6 Å². The van der Waals surface area contributed by atoms with Crippen LogP contribution in [0.5, 0.6) is 0 Å². The van der Waals surface area contributed by atoms with Crippen molar-refractivity contribution >= 4 is 5.91 Å². The van der Waals surface area contributed by atoms with Gasteiger partial charge in [0.25, 0.3) is 5.91 Å². The van der Waals surface area contributed by atoms with Crippen molar-refractivity contribution in [3.63, 3.8) is 0 Å². The molecule has 3 heterocycles. The van der Waals surface area contributed by atoms with Crippen LogP contribution in [-0.4, -0.2) is 36.5 Å². The predicted octanol–water partition coefficient (Wildman–Crippen LogP) is 0.714. The summed E-state index contributed by atoms with van der Waals surface area (Å²) in [6, 6.07) is 3.97. The van der Waals surface area contributed by atoms with Gasteiger partial charge in [0.05, 0.1) is 6.26 Å². The molecule has 15 heavy (non-hydrogen) atoms. The molecule has 0 spiro atoms. The second-order valence-corrected chi connectivity index (χ2v) is 4.39. The molecule has 0 unspecified atom stereocenters. The lowest BCUT2D eigenvalue weighted by molar-refractivity contribution is 0.0659. The van der Waals surface area contributed by atoms with E-state index in [2.05, 4.69) is 5.32 Å². The Kier molecular flexibility index (Phi) is 2.02. The van der Waals surface area contributed by atoms with Gasteiger partial charge in [0.2, 0.25) is 0 Å². The fourth-order valence-electron chi connectivity index (χ4n) is 2.55. The van der Waals surface area contributed by atoms with Crippen molar-refractivity contribution in [2.45, 2.75) is 12.5 Å². The third-order valence-electron chi connectivity index (χ3n) is 3.25. The average molecular weight is 206 g/mol. The lowest BCUT2D eigenvalue weighted by Gasteiger charge is -2.30. The van der Waals surface area contributed by atoms with Crippen LogP contribution in [0, 0.1) is 5.92 Å². The van der Waals surface area contributed by atoms with Crippen molar-refractivity contribution in [1.29, 1.82) is 0 Å². The highest BCUT2D eigenvalue weighted by Crippen LogP contribution is 2.23. The van der Waals surface area contributed by atoms with E-state index in [4.69, 9.17) is 4.42 Å². The molecule has 4 heteroatoms. The van der Waals surface area contributed by atoms with Gasteiger partial charge in [0.15, 0.2) is 5.76 Å². The van der Waals surface area contributed by atoms with E-state index in [0.29, 0.717) is 17.7 Å². The average Bonchev–Trinajstić information content (AvgIpc) is 2.87. The van der Waals surface area contributed by atoms with Crippen LogP contribution in [0.25, 0.3) is 0 Å². The minimum atomic E-state index is 0.0263. The number of furan rings is 1. The Bertz CT molecular complexity index is 349. The standard InChI is InChI=1S/C11H14N2O2/c14-11(10-2-1-3-15-10)13-6-8-4-9(7-13)12-5-8/h1-3,8-9,12H,4-7H2/t8-,9-/m1/s1. The van der Waals surface area contributed by atoms with Crippen LogP contribution in [0.15, 0.2) is 22.8 Å². The fourth-order valence-corrected chi connectivity index (χ4v) is 2.55. The highest BCUT2D eigenvalue weighted by atomic mass is 16.3. The number of likely N-dealkylation sites (tertiary alicyclic amines) is 1. The van der Waals surface area contributed by atoms with E-state index < -0.39 is 0 Å². The maximum Gasteiger partial charge on any atom is 0.289 e. The molecule has 3 rings (SSSR count). The molecule has 80 valence electrons. The molecule has 0 aliphatic carbocycles. The van der Waals surface area contributed by atoms with Gasteiger partial charge in [-0.05, 0) is 24.5 Å². The van der Waals surface area contributed by atoms with Gasteiger partial charge in [0.1, 0.15) is 0 Å². The van der Waals surface area contributed by atoms with Crippen LogP contribution in [0.3, 0.4) is 0 Å². The summed E-state index contributed by atoms with van der Waals surface area (Å²) in [5.41, 5.74) is 0. The molecule has 0 saturated carbocycles. The van der Waals surface area contributed by atoms with Gasteiger partial charge in [-0.2, -0.15) is 0 Å². The zero-order valence-electron chi connectivity index (χ0n) is 8.48. The highest BCUT2D eigenvalue weighted by molar-refractivity contribution is 5.91. The minimum Gasteiger partial charge on any atom is -0.459 e. The second kappa shape index (κ2) is 3.38. The molecule has 2 atom stereocenters. The van der Waals surface area contributed by atoms with Crippen molar-refractivity contribution in [2.24, 2.45) is 5.92 Å². The van der Waals surface area contributed by atoms with Crippen LogP contribution in [0.2, 0.25) is 0 Å². The van der Waals surface area contributed by atoms with Gasteiger partial charge >= 0.3 is 0 Å². The van der Waals surface area contributed by atoms with E-state index in [1.807, 2.05) is 4.90 Å². The number of nitrogens with one attached hydrogen (secondary N) is 1. The highest BCUT2D eigenvalue weighted by Gasteiger charge is 2.35. The summed E-state index contributed by atoms with van der Waals surface area (Å²) in [6.07, 6.45) is 2.76. The van der Waals surface area contributed by atoms with Crippen molar-refractivity contribution in [3.8, 4) is 0 Å². The molecule has 1 aromatic heterocycles. The third kappa shape index (κ3) is 1.55. The van der Waals surface area contributed by atoms with Crippen molar-refractivity contribution in [1.82, 2.24) is 10.2 Å². The number of carbonyl (C=O) groups is 1. The van der Waals surface area contributed by atoms with Crippen molar-refractivity contribution in [3.05, 3.63) is 24.2 Å². The summed E-state index contributed by atoms with van der Waals surface area (Å²) in [7, 11) is 0. The molecule has 2 fully saturated rings. The lowest BCUT2D eigenvalue weighted by atomic mass is 10.00. The molecule has 0 radical (unpaired) electrons. The molecular weight excluding hydrogens is 192 g/mol. The monoisotopic (exact) mass is 206 g/mol. The Morgan fingerprint density at radius 2 is 2.47 bits per heavy atom. The molecule has 1 N–H and O–H groups in total. The smallest absolute Gasteiger partial charge is 0.289 e. The summed E-state index contributed by atoms with van der Waals surface area (Å²) in [6.45, 7) is 2.73. The zero-order chi connectivity index (χ0) is 10.3. The Labute approximate surface area is 88.2 Å². The molecular formula is C11H14N2O2. The first kappa shape index (κ1) is 8.97. The van der Waals surface area contributed by atoms with E-state index in [-0.39, 0.29) is 5.91 Å². The number of hydrogen-bond acceptors (Lipinski definition) is 3. The van der Waals surface area contributed by atoms with Crippen LogP contribution < -0.4 is 5.32 Å². The van der Waals surface area contributed by atoms with Crippen LogP contribution >= 0.6 is 0 Å². The quantitative estimate of drug-likeness (QED) is 0.736. The molecule has 1 amide bonds. The summed E-state index contributed by atoms with van der Waals surface area (Å²) in [4.78, 5) is 13.9. The van der Waals surface area contributed by atoms with E-state index in [0.717, 1.165) is 19.6 Å². The Balaban J connectivity index is 1.75. The number of hydrogen-bond donors (Lipinski definition) is 1. The number of piperidine rings is 1. The first-order chi connectivity index (χ1) is 7.33. The summed E-state index contributed by atoms with van der Waals surface area (Å²) in [5.74, 6) is 1.11. The normalized spacial score (nSPS) is 29.5. The maximum atomic E-state index is 12.0. The van der Waals surface area contributed by atoms with Crippen LogP contribution in [0.4, 0.5) is 0 Å². The number of nitrogens with zero attached hydrogens (tertiary/aromatic N) is 1. The molecule has 1 aromatic rings. The summed E-state index contributed by atoms with van der Waals surface area (Å²) >= 11 is 0. The molecule has 0 aromatic carbocycles. The van der Waals surface area contributed by atoms with Gasteiger partial charge in [-0.25, -0.2) is 0 Å². The lowest BCUT2D eigenvalue weighted by Crippen LogP contribution is -2.44. The maximum absolute atomic E-state index is 12.0. The topological polar surface area (TPSA) is 45.5 Å². The van der Waals surface area contributed by atoms with Gasteiger partial charge in [-0.3, -0.25) is 4.79 Å². The number of amides is 1. The third-order valence-corrected chi connectivity index (χ3v) is 3.25. The van der Waals surface area contributed by atoms with Gasteiger partial charge in [0, 0.05) is 25.7 Å². The van der Waals surface area contributed by atoms with E-state index in [1.165, 1.54) is 6.42 Å². The number of rotatable bonds is 1. The largest absolute Gasteiger partial charge is 0.459 e. The molecule has 2 bridgehead atoms. The van der Waals surface area contributed by atoms with Gasteiger partial charge in [-0.1, -0.05) is 0 Å². The van der Waals surface area contributed by atoms with Gasteiger partial charge in [-0.15, -0.1) is 0 Å².